The molecule has 0 unspecified atom stereocenters. The summed E-state index contributed by atoms with van der Waals surface area (Å²) in [5.41, 5.74) is 2.52. The highest BCUT2D eigenvalue weighted by atomic mass is 35.5. The van der Waals surface area contributed by atoms with E-state index in [1.165, 1.54) is 0 Å². The topological polar surface area (TPSA) is 64.7 Å². The molecule has 2 heterocycles. The Kier molecular flexibility index (Phi) is 5.64. The fourth-order valence-electron chi connectivity index (χ4n) is 2.92. The second-order valence-electron chi connectivity index (χ2n) is 6.51. The van der Waals surface area contributed by atoms with E-state index in [9.17, 15) is 4.79 Å². The molecule has 4 rings (SSSR count). The zero-order valence-corrected chi connectivity index (χ0v) is 16.8. The van der Waals surface area contributed by atoms with Crippen LogP contribution in [0, 0.1) is 0 Å². The molecule has 2 aromatic carbocycles. The number of nitrogens with zero attached hydrogens (tertiary/aromatic N) is 4. The molecule has 0 atom stereocenters. The van der Waals surface area contributed by atoms with Crippen LogP contribution in [0.3, 0.4) is 0 Å². The van der Waals surface area contributed by atoms with Crippen LogP contribution in [0.4, 0.5) is 5.82 Å². The standard InChI is InChI=1S/C21H17Cl2N5O/c22-18-6-5-16(12-19(18)23)14-28-10-7-20(26-28)25-21(29)17-4-1-3-15(11-17)13-27-9-2-8-24-27/h1-12H,13-14H2,(H,25,26,29). The van der Waals surface area contributed by atoms with Gasteiger partial charge in [-0.05, 0) is 41.5 Å². The first-order chi connectivity index (χ1) is 14.1. The number of benzene rings is 2. The molecule has 6 nitrogen and oxygen atoms in total. The molecular weight excluding hydrogens is 409 g/mol. The van der Waals surface area contributed by atoms with E-state index in [1.807, 2.05) is 41.2 Å². The lowest BCUT2D eigenvalue weighted by atomic mass is 10.1. The van der Waals surface area contributed by atoms with Crippen molar-refractivity contribution >= 4 is 34.9 Å². The first-order valence-corrected chi connectivity index (χ1v) is 9.67. The number of carbonyl (C=O) groups excluding carboxylic acids is 1. The number of hydrogen-bond acceptors (Lipinski definition) is 3. The van der Waals surface area contributed by atoms with Crippen molar-refractivity contribution in [3.05, 3.63) is 99.9 Å². The van der Waals surface area contributed by atoms with Gasteiger partial charge in [0.2, 0.25) is 0 Å². The molecule has 2 aromatic heterocycles. The van der Waals surface area contributed by atoms with E-state index in [0.717, 1.165) is 11.1 Å². The average molecular weight is 426 g/mol. The Morgan fingerprint density at radius 1 is 0.897 bits per heavy atom. The Labute approximate surface area is 177 Å². The molecule has 4 aromatic rings. The summed E-state index contributed by atoms with van der Waals surface area (Å²) in [5.74, 6) is 0.264. The summed E-state index contributed by atoms with van der Waals surface area (Å²) < 4.78 is 3.53. The molecular formula is C21H17Cl2N5O. The molecule has 0 aliphatic heterocycles. The fraction of sp³-hybridized carbons (Fsp3) is 0.0952. The van der Waals surface area contributed by atoms with Crippen molar-refractivity contribution in [1.82, 2.24) is 19.6 Å². The van der Waals surface area contributed by atoms with Gasteiger partial charge in [-0.2, -0.15) is 10.2 Å². The molecule has 8 heteroatoms. The maximum Gasteiger partial charge on any atom is 0.256 e. The van der Waals surface area contributed by atoms with Crippen molar-refractivity contribution in [1.29, 1.82) is 0 Å². The molecule has 0 spiro atoms. The third kappa shape index (κ3) is 4.85. The molecule has 0 radical (unpaired) electrons. The van der Waals surface area contributed by atoms with Crippen LogP contribution in [0.2, 0.25) is 10.0 Å². The van der Waals surface area contributed by atoms with Crippen molar-refractivity contribution in [2.45, 2.75) is 13.1 Å². The van der Waals surface area contributed by atoms with E-state index in [1.54, 1.807) is 41.3 Å². The van der Waals surface area contributed by atoms with Gasteiger partial charge in [0.25, 0.3) is 5.91 Å². The van der Waals surface area contributed by atoms with Crippen LogP contribution in [0.25, 0.3) is 0 Å². The van der Waals surface area contributed by atoms with Crippen LogP contribution >= 0.6 is 23.2 Å². The highest BCUT2D eigenvalue weighted by molar-refractivity contribution is 6.42. The van der Waals surface area contributed by atoms with E-state index in [-0.39, 0.29) is 5.91 Å². The first-order valence-electron chi connectivity index (χ1n) is 8.92. The highest BCUT2D eigenvalue weighted by Gasteiger charge is 2.10. The van der Waals surface area contributed by atoms with Gasteiger partial charge in [-0.3, -0.25) is 14.2 Å². The Hall–Kier alpha value is -3.09. The molecule has 0 saturated carbocycles. The lowest BCUT2D eigenvalue weighted by Gasteiger charge is -2.06. The van der Waals surface area contributed by atoms with Crippen molar-refractivity contribution in [2.75, 3.05) is 5.32 Å². The van der Waals surface area contributed by atoms with Crippen molar-refractivity contribution in [3.8, 4) is 0 Å². The number of halogens is 2. The number of hydrogen-bond donors (Lipinski definition) is 1. The quantitative estimate of drug-likeness (QED) is 0.485. The molecule has 146 valence electrons. The number of nitrogens with one attached hydrogen (secondary N) is 1. The second-order valence-corrected chi connectivity index (χ2v) is 7.32. The van der Waals surface area contributed by atoms with Gasteiger partial charge in [0.05, 0.1) is 23.1 Å². The predicted octanol–water partition coefficient (Wildman–Crippen LogP) is 4.74. The monoisotopic (exact) mass is 425 g/mol. The maximum atomic E-state index is 12.6. The minimum absolute atomic E-state index is 0.216. The molecule has 1 N–H and O–H groups in total. The van der Waals surface area contributed by atoms with Crippen LogP contribution in [0.1, 0.15) is 21.5 Å². The normalized spacial score (nSPS) is 10.8. The lowest BCUT2D eigenvalue weighted by molar-refractivity contribution is 0.102. The minimum Gasteiger partial charge on any atom is -0.305 e. The SMILES string of the molecule is O=C(Nc1ccn(Cc2ccc(Cl)c(Cl)c2)n1)c1cccc(Cn2cccn2)c1. The van der Waals surface area contributed by atoms with Crippen LogP contribution in [0.5, 0.6) is 0 Å². The van der Waals surface area contributed by atoms with E-state index in [2.05, 4.69) is 15.5 Å². The van der Waals surface area contributed by atoms with Gasteiger partial charge in [-0.1, -0.05) is 41.4 Å². The number of amides is 1. The predicted molar refractivity (Wildman–Crippen MR) is 114 cm³/mol. The number of anilines is 1. The third-order valence-corrected chi connectivity index (χ3v) is 5.04. The molecule has 29 heavy (non-hydrogen) atoms. The van der Waals surface area contributed by atoms with Crippen molar-refractivity contribution < 1.29 is 4.79 Å². The number of aromatic nitrogens is 4. The number of carbonyl (C=O) groups is 1. The van der Waals surface area contributed by atoms with Gasteiger partial charge in [-0.15, -0.1) is 0 Å². The zero-order chi connectivity index (χ0) is 20.2. The summed E-state index contributed by atoms with van der Waals surface area (Å²) in [6.45, 7) is 1.12. The summed E-state index contributed by atoms with van der Waals surface area (Å²) in [5, 5.41) is 12.4. The van der Waals surface area contributed by atoms with Gasteiger partial charge in [0.1, 0.15) is 0 Å². The van der Waals surface area contributed by atoms with Crippen LogP contribution in [-0.4, -0.2) is 25.5 Å². The van der Waals surface area contributed by atoms with E-state index >= 15 is 0 Å². The molecule has 0 aliphatic carbocycles. The zero-order valence-electron chi connectivity index (χ0n) is 15.3. The van der Waals surface area contributed by atoms with Crippen molar-refractivity contribution in [2.24, 2.45) is 0 Å². The molecule has 0 fully saturated rings. The number of rotatable bonds is 6. The van der Waals surface area contributed by atoms with E-state index < -0.39 is 0 Å². The fourth-order valence-corrected chi connectivity index (χ4v) is 3.24. The Morgan fingerprint density at radius 3 is 2.52 bits per heavy atom. The summed E-state index contributed by atoms with van der Waals surface area (Å²) >= 11 is 12.0. The summed E-state index contributed by atoms with van der Waals surface area (Å²) in [6.07, 6.45) is 5.41. The van der Waals surface area contributed by atoms with E-state index in [4.69, 9.17) is 23.2 Å². The van der Waals surface area contributed by atoms with Crippen LogP contribution in [0.15, 0.2) is 73.2 Å². The summed E-state index contributed by atoms with van der Waals surface area (Å²) in [7, 11) is 0. The average Bonchev–Trinajstić information content (AvgIpc) is 3.37. The first kappa shape index (κ1) is 19.2. The van der Waals surface area contributed by atoms with Gasteiger partial charge < -0.3 is 5.32 Å². The largest absolute Gasteiger partial charge is 0.305 e. The molecule has 0 aliphatic rings. The van der Waals surface area contributed by atoms with Gasteiger partial charge in [0.15, 0.2) is 5.82 Å². The van der Waals surface area contributed by atoms with Gasteiger partial charge >= 0.3 is 0 Å². The molecule has 0 bridgehead atoms. The molecule has 0 saturated heterocycles. The van der Waals surface area contributed by atoms with Crippen molar-refractivity contribution in [3.63, 3.8) is 0 Å². The Bertz CT molecular complexity index is 1140. The Balaban J connectivity index is 1.42. The Morgan fingerprint density at radius 2 is 1.72 bits per heavy atom. The second kappa shape index (κ2) is 8.51. The van der Waals surface area contributed by atoms with Crippen LogP contribution in [-0.2, 0) is 13.1 Å². The molecule has 1 amide bonds. The van der Waals surface area contributed by atoms with Crippen LogP contribution < -0.4 is 5.32 Å². The summed E-state index contributed by atoms with van der Waals surface area (Å²) in [6, 6.07) is 16.5. The third-order valence-electron chi connectivity index (χ3n) is 4.30. The minimum atomic E-state index is -0.216. The van der Waals surface area contributed by atoms with Gasteiger partial charge in [-0.25, -0.2) is 0 Å². The maximum absolute atomic E-state index is 12.6. The smallest absolute Gasteiger partial charge is 0.256 e. The lowest BCUT2D eigenvalue weighted by Crippen LogP contribution is -2.13. The van der Waals surface area contributed by atoms with E-state index in [0.29, 0.717) is 34.5 Å². The van der Waals surface area contributed by atoms with Gasteiger partial charge in [0, 0.05) is 30.2 Å². The summed E-state index contributed by atoms with van der Waals surface area (Å²) in [4.78, 5) is 12.6. The highest BCUT2D eigenvalue weighted by Crippen LogP contribution is 2.23.